The van der Waals surface area contributed by atoms with E-state index in [1.165, 1.54) is 18.2 Å². The zero-order chi connectivity index (χ0) is 28.7. The molecule has 0 radical (unpaired) electrons. The summed E-state index contributed by atoms with van der Waals surface area (Å²) in [6, 6.07) is 16.2. The molecular formula is C32H28ClF2N5O. The van der Waals surface area contributed by atoms with Crippen molar-refractivity contribution >= 4 is 34.7 Å². The van der Waals surface area contributed by atoms with Crippen LogP contribution in [0.15, 0.2) is 71.9 Å². The van der Waals surface area contributed by atoms with Crippen LogP contribution >= 0.6 is 11.6 Å². The van der Waals surface area contributed by atoms with Crippen molar-refractivity contribution in [2.24, 2.45) is 10.9 Å². The van der Waals surface area contributed by atoms with Crippen molar-refractivity contribution in [3.8, 4) is 11.3 Å². The van der Waals surface area contributed by atoms with Gasteiger partial charge in [0.25, 0.3) is 0 Å². The molecule has 0 saturated carbocycles. The van der Waals surface area contributed by atoms with Gasteiger partial charge in [0.05, 0.1) is 23.5 Å². The van der Waals surface area contributed by atoms with Crippen molar-refractivity contribution in [2.45, 2.75) is 38.8 Å². The summed E-state index contributed by atoms with van der Waals surface area (Å²) in [6.45, 7) is 5.21. The smallest absolute Gasteiger partial charge is 0.227 e. The number of halogens is 3. The van der Waals surface area contributed by atoms with Gasteiger partial charge in [-0.05, 0) is 81.8 Å². The number of hydrogen-bond acceptors (Lipinski definition) is 6. The molecule has 0 spiro atoms. The Hall–Kier alpha value is -4.01. The molecule has 208 valence electrons. The largest absolute Gasteiger partial charge is 0.324 e. The average molecular weight is 572 g/mol. The number of carbonyl (C=O) groups is 1. The number of rotatable bonds is 5. The molecule has 2 N–H and O–H groups in total. The Morgan fingerprint density at radius 2 is 1.80 bits per heavy atom. The molecule has 1 fully saturated rings. The molecule has 2 aliphatic rings. The number of Topliss-reactive ketones (excluding diaryl/α,β-unsaturated/α-hetero) is 1. The van der Waals surface area contributed by atoms with Gasteiger partial charge in [-0.15, -0.1) is 0 Å². The highest BCUT2D eigenvalue weighted by Gasteiger charge is 2.32. The Morgan fingerprint density at radius 1 is 1.05 bits per heavy atom. The van der Waals surface area contributed by atoms with Crippen molar-refractivity contribution < 1.29 is 13.6 Å². The van der Waals surface area contributed by atoms with E-state index in [9.17, 15) is 13.6 Å². The number of ketones is 1. The predicted octanol–water partition coefficient (Wildman–Crippen LogP) is 7.13. The molecule has 1 aromatic heterocycles. The van der Waals surface area contributed by atoms with E-state index in [1.54, 1.807) is 24.4 Å². The van der Waals surface area contributed by atoms with Gasteiger partial charge in [0, 0.05) is 50.6 Å². The predicted molar refractivity (Wildman–Crippen MR) is 157 cm³/mol. The topological polar surface area (TPSA) is 79.3 Å². The lowest BCUT2D eigenvalue weighted by Gasteiger charge is -2.35. The summed E-state index contributed by atoms with van der Waals surface area (Å²) in [5.74, 6) is -0.926. The quantitative estimate of drug-likeness (QED) is 0.249. The lowest BCUT2D eigenvalue weighted by molar-refractivity contribution is 0.0850. The van der Waals surface area contributed by atoms with Crippen LogP contribution in [0.4, 0.5) is 20.4 Å². The van der Waals surface area contributed by atoms with E-state index >= 15 is 0 Å². The van der Waals surface area contributed by atoms with E-state index in [2.05, 4.69) is 34.5 Å². The minimum Gasteiger partial charge on any atom is -0.324 e. The number of aliphatic imine (C=N–C) groups is 1. The molecular weight excluding hydrogens is 544 g/mol. The molecule has 1 atom stereocenters. The lowest BCUT2D eigenvalue weighted by Crippen LogP contribution is -2.47. The van der Waals surface area contributed by atoms with Gasteiger partial charge in [-0.3, -0.25) is 9.79 Å². The van der Waals surface area contributed by atoms with Crippen molar-refractivity contribution in [1.29, 1.82) is 0 Å². The van der Waals surface area contributed by atoms with Gasteiger partial charge in [-0.25, -0.2) is 18.7 Å². The molecule has 6 nitrogen and oxygen atoms in total. The molecule has 3 heterocycles. The fourth-order valence-corrected chi connectivity index (χ4v) is 5.78. The highest BCUT2D eigenvalue weighted by atomic mass is 35.5. The first-order valence-corrected chi connectivity index (χ1v) is 13.9. The van der Waals surface area contributed by atoms with Crippen LogP contribution in [0.1, 0.15) is 53.7 Å². The fourth-order valence-electron chi connectivity index (χ4n) is 5.60. The summed E-state index contributed by atoms with van der Waals surface area (Å²) in [4.78, 5) is 26.9. The van der Waals surface area contributed by atoms with Gasteiger partial charge in [0.2, 0.25) is 5.95 Å². The minimum atomic E-state index is -0.708. The summed E-state index contributed by atoms with van der Waals surface area (Å²) in [5, 5.41) is 7.08. The van der Waals surface area contributed by atoms with Crippen LogP contribution in [-0.2, 0) is 6.54 Å². The van der Waals surface area contributed by atoms with Crippen LogP contribution in [-0.4, -0.2) is 33.5 Å². The van der Waals surface area contributed by atoms with E-state index < -0.39 is 11.6 Å². The second kappa shape index (κ2) is 10.8. The van der Waals surface area contributed by atoms with Crippen molar-refractivity contribution in [3.63, 3.8) is 0 Å². The normalized spacial score (nSPS) is 17.6. The number of anilines is 2. The average Bonchev–Trinajstić information content (AvgIpc) is 3.09. The summed E-state index contributed by atoms with van der Waals surface area (Å²) in [6.07, 6.45) is 3.29. The molecule has 0 bridgehead atoms. The summed E-state index contributed by atoms with van der Waals surface area (Å²) < 4.78 is 29.6. The van der Waals surface area contributed by atoms with Gasteiger partial charge < -0.3 is 10.6 Å². The molecule has 9 heteroatoms. The molecule has 41 heavy (non-hydrogen) atoms. The van der Waals surface area contributed by atoms with Gasteiger partial charge >= 0.3 is 0 Å². The summed E-state index contributed by atoms with van der Waals surface area (Å²) in [7, 11) is 0. The zero-order valence-corrected chi connectivity index (χ0v) is 23.4. The summed E-state index contributed by atoms with van der Waals surface area (Å²) in [5.41, 5.74) is 3.72. The van der Waals surface area contributed by atoms with E-state index in [0.29, 0.717) is 38.9 Å². The van der Waals surface area contributed by atoms with E-state index in [-0.39, 0.29) is 35.1 Å². The van der Waals surface area contributed by atoms with Crippen molar-refractivity contribution in [3.05, 3.63) is 106 Å². The van der Waals surface area contributed by atoms with Crippen LogP contribution in [0.2, 0.25) is 5.02 Å². The van der Waals surface area contributed by atoms with Crippen LogP contribution in [0.25, 0.3) is 11.3 Å². The highest BCUT2D eigenvalue weighted by Crippen LogP contribution is 2.35. The maximum atomic E-state index is 14.8. The van der Waals surface area contributed by atoms with Gasteiger partial charge in [-0.1, -0.05) is 23.7 Å². The van der Waals surface area contributed by atoms with Crippen LogP contribution in [0.3, 0.4) is 0 Å². The molecule has 3 aromatic carbocycles. The van der Waals surface area contributed by atoms with E-state index in [1.807, 2.05) is 24.3 Å². The third kappa shape index (κ3) is 5.49. The highest BCUT2D eigenvalue weighted by molar-refractivity contribution is 6.31. The number of benzene rings is 3. The second-order valence-electron chi connectivity index (χ2n) is 11.1. The fraction of sp³-hybridized carbons (Fsp3) is 0.250. The maximum Gasteiger partial charge on any atom is 0.227 e. The standard InChI is InChI=1S/C32H28ClF2N5O/c1-32(2)15-19(12-13-38-32)30(41)18-6-9-22(10-7-18)39-31-37-17-20-16-36-29(27-25(34)4-3-5-26(27)35)24-14-21(33)8-11-23(24)28(20)40-31/h3-11,14,17,19,38H,12-13,15-16H2,1-2H3,(H,37,39,40). The zero-order valence-electron chi connectivity index (χ0n) is 22.6. The molecule has 2 aliphatic heterocycles. The number of fused-ring (bicyclic) bond motifs is 3. The SMILES string of the molecule is CC1(C)CC(C(=O)c2ccc(Nc3ncc4c(n3)-c3ccc(Cl)cc3C(c3c(F)cccc3F)=NC4)cc2)CCN1. The van der Waals surface area contributed by atoms with E-state index in [0.717, 1.165) is 25.1 Å². The Balaban J connectivity index is 1.29. The number of nitrogens with one attached hydrogen (secondary N) is 2. The molecule has 1 saturated heterocycles. The molecule has 4 aromatic rings. The lowest BCUT2D eigenvalue weighted by atomic mass is 9.80. The third-order valence-electron chi connectivity index (χ3n) is 7.61. The van der Waals surface area contributed by atoms with Crippen LogP contribution in [0.5, 0.6) is 0 Å². The minimum absolute atomic E-state index is 0.00325. The first-order chi connectivity index (χ1) is 19.7. The Bertz CT molecular complexity index is 1670. The Labute approximate surface area is 241 Å². The summed E-state index contributed by atoms with van der Waals surface area (Å²) >= 11 is 6.31. The third-order valence-corrected chi connectivity index (χ3v) is 7.85. The van der Waals surface area contributed by atoms with Gasteiger partial charge in [0.15, 0.2) is 5.78 Å². The molecule has 1 unspecified atom stereocenters. The number of hydrogen-bond donors (Lipinski definition) is 2. The first-order valence-electron chi connectivity index (χ1n) is 13.5. The van der Waals surface area contributed by atoms with Gasteiger partial charge in [-0.2, -0.15) is 0 Å². The first kappa shape index (κ1) is 27.2. The monoisotopic (exact) mass is 571 g/mol. The van der Waals surface area contributed by atoms with E-state index in [4.69, 9.17) is 16.6 Å². The molecule has 0 aliphatic carbocycles. The Kier molecular flexibility index (Phi) is 7.13. The van der Waals surface area contributed by atoms with Crippen LogP contribution < -0.4 is 10.6 Å². The molecule has 6 rings (SSSR count). The maximum absolute atomic E-state index is 14.8. The number of nitrogens with zero attached hydrogens (tertiary/aromatic N) is 3. The Morgan fingerprint density at radius 3 is 2.54 bits per heavy atom. The van der Waals surface area contributed by atoms with Crippen LogP contribution in [0, 0.1) is 17.6 Å². The van der Waals surface area contributed by atoms with Crippen molar-refractivity contribution in [2.75, 3.05) is 11.9 Å². The number of aromatic nitrogens is 2. The molecule has 0 amide bonds. The number of carbonyl (C=O) groups excluding carboxylic acids is 1. The van der Waals surface area contributed by atoms with Crippen molar-refractivity contribution in [1.82, 2.24) is 15.3 Å². The number of piperidine rings is 1. The van der Waals surface area contributed by atoms with Gasteiger partial charge in [0.1, 0.15) is 11.6 Å². The second-order valence-corrected chi connectivity index (χ2v) is 11.5.